The molecule has 0 unspecified atom stereocenters. The van der Waals surface area contributed by atoms with Gasteiger partial charge in [0.15, 0.2) is 12.1 Å². The highest BCUT2D eigenvalue weighted by Gasteiger charge is 2.09. The Morgan fingerprint density at radius 2 is 2.35 bits per heavy atom. The molecule has 0 aliphatic carbocycles. The molecule has 0 aliphatic heterocycles. The minimum Gasteiger partial charge on any atom is -0.380 e. The van der Waals surface area contributed by atoms with Crippen LogP contribution in [0.4, 0.5) is 0 Å². The van der Waals surface area contributed by atoms with Crippen LogP contribution in [0, 0.1) is 0 Å². The van der Waals surface area contributed by atoms with Gasteiger partial charge < -0.3 is 9.30 Å². The van der Waals surface area contributed by atoms with Gasteiger partial charge in [0.1, 0.15) is 7.85 Å². The molecule has 1 aromatic heterocycles. The highest BCUT2D eigenvalue weighted by atomic mass is 16.5. The van der Waals surface area contributed by atoms with Crippen LogP contribution in [-0.2, 0) is 11.3 Å². The number of nitrogens with zero attached hydrogens (tertiary/aromatic N) is 2. The molecule has 0 bridgehead atoms. The van der Waals surface area contributed by atoms with E-state index in [-0.39, 0.29) is 0 Å². The van der Waals surface area contributed by atoms with E-state index in [0.29, 0.717) is 31.0 Å². The van der Waals surface area contributed by atoms with Gasteiger partial charge in [0.25, 0.3) is 0 Å². The summed E-state index contributed by atoms with van der Waals surface area (Å²) in [5.74, 6) is 0.408. The van der Waals surface area contributed by atoms with Crippen LogP contribution in [0.3, 0.4) is 0 Å². The Kier molecular flexibility index (Phi) is 3.59. The van der Waals surface area contributed by atoms with Crippen LogP contribution in [0.15, 0.2) is 18.2 Å². The maximum Gasteiger partial charge on any atom is 0.185 e. The van der Waals surface area contributed by atoms with E-state index < -0.39 is 0 Å². The molecule has 17 heavy (non-hydrogen) atoms. The molecule has 5 heteroatoms. The summed E-state index contributed by atoms with van der Waals surface area (Å²) in [6, 6.07) is 5.41. The number of aldehydes is 1. The normalized spacial score (nSPS) is 10.9. The maximum atomic E-state index is 11.0. The Labute approximate surface area is 101 Å². The molecule has 0 aliphatic rings. The number of hydrogen-bond donors (Lipinski definition) is 0. The molecule has 0 saturated heterocycles. The first kappa shape index (κ1) is 11.9. The average molecular weight is 228 g/mol. The number of aromatic nitrogens is 2. The third kappa shape index (κ3) is 2.39. The van der Waals surface area contributed by atoms with Crippen molar-refractivity contribution in [2.45, 2.75) is 13.5 Å². The van der Waals surface area contributed by atoms with Crippen molar-refractivity contribution in [3.63, 3.8) is 0 Å². The van der Waals surface area contributed by atoms with Gasteiger partial charge in [-0.15, -0.1) is 0 Å². The molecule has 0 N–H and O–H groups in total. The number of imidazole rings is 1. The topological polar surface area (TPSA) is 44.1 Å². The van der Waals surface area contributed by atoms with Gasteiger partial charge in [0, 0.05) is 13.2 Å². The fourth-order valence-electron chi connectivity index (χ4n) is 1.78. The van der Waals surface area contributed by atoms with Crippen LogP contribution in [0.25, 0.3) is 11.0 Å². The predicted octanol–water partition coefficient (Wildman–Crippen LogP) is 0.679. The highest BCUT2D eigenvalue weighted by Crippen LogP contribution is 2.13. The number of benzene rings is 1. The van der Waals surface area contributed by atoms with Crippen LogP contribution >= 0.6 is 0 Å². The molecule has 2 radical (unpaired) electrons. The summed E-state index contributed by atoms with van der Waals surface area (Å²) in [6.07, 6.45) is 0.752. The lowest BCUT2D eigenvalue weighted by atomic mass is 9.96. The second-order valence-corrected chi connectivity index (χ2v) is 3.68. The third-order valence-electron chi connectivity index (χ3n) is 2.57. The maximum absolute atomic E-state index is 11.0. The van der Waals surface area contributed by atoms with Crippen molar-refractivity contribution >= 4 is 30.6 Å². The Balaban J connectivity index is 2.41. The minimum atomic E-state index is 0.408. The molecular weight excluding hydrogens is 215 g/mol. The van der Waals surface area contributed by atoms with Gasteiger partial charge in [-0.2, -0.15) is 0 Å². The van der Waals surface area contributed by atoms with Gasteiger partial charge in [-0.05, 0) is 19.1 Å². The standard InChI is InChI=1S/C12H13BN2O2/c1-2-17-6-5-15-11-7-9(13)3-4-10(11)14-12(15)8-16/h3-4,7-8H,2,5-6H2,1H3. The lowest BCUT2D eigenvalue weighted by Crippen LogP contribution is -2.10. The Hall–Kier alpha value is -1.62. The molecule has 1 aromatic carbocycles. The zero-order chi connectivity index (χ0) is 12.3. The summed E-state index contributed by atoms with van der Waals surface area (Å²) < 4.78 is 7.12. The molecule has 0 atom stereocenters. The molecule has 0 fully saturated rings. The number of carbonyl (C=O) groups is 1. The van der Waals surface area contributed by atoms with Gasteiger partial charge >= 0.3 is 0 Å². The van der Waals surface area contributed by atoms with Crippen molar-refractivity contribution in [3.05, 3.63) is 24.0 Å². The largest absolute Gasteiger partial charge is 0.380 e. The van der Waals surface area contributed by atoms with E-state index in [1.807, 2.05) is 23.6 Å². The summed E-state index contributed by atoms with van der Waals surface area (Å²) in [6.45, 7) is 3.75. The van der Waals surface area contributed by atoms with E-state index >= 15 is 0 Å². The molecule has 86 valence electrons. The van der Waals surface area contributed by atoms with Crippen molar-refractivity contribution in [2.75, 3.05) is 13.2 Å². The lowest BCUT2D eigenvalue weighted by molar-refractivity contribution is 0.110. The fraction of sp³-hybridized carbons (Fsp3) is 0.333. The van der Waals surface area contributed by atoms with Crippen LogP contribution in [0.2, 0.25) is 0 Å². The number of hydrogen-bond acceptors (Lipinski definition) is 3. The van der Waals surface area contributed by atoms with E-state index in [9.17, 15) is 4.79 Å². The zero-order valence-corrected chi connectivity index (χ0v) is 9.72. The second-order valence-electron chi connectivity index (χ2n) is 3.68. The van der Waals surface area contributed by atoms with Gasteiger partial charge in [0.05, 0.1) is 17.6 Å². The molecule has 4 nitrogen and oxygen atoms in total. The summed E-state index contributed by atoms with van der Waals surface area (Å²) in [5.41, 5.74) is 2.30. The first-order chi connectivity index (χ1) is 8.26. The highest BCUT2D eigenvalue weighted by molar-refractivity contribution is 6.33. The predicted molar refractivity (Wildman–Crippen MR) is 67.0 cm³/mol. The minimum absolute atomic E-state index is 0.408. The first-order valence-corrected chi connectivity index (χ1v) is 5.55. The van der Waals surface area contributed by atoms with E-state index in [2.05, 4.69) is 4.98 Å². The van der Waals surface area contributed by atoms with Gasteiger partial charge in [-0.25, -0.2) is 4.98 Å². The zero-order valence-electron chi connectivity index (χ0n) is 9.72. The Morgan fingerprint density at radius 3 is 3.06 bits per heavy atom. The molecule has 1 heterocycles. The van der Waals surface area contributed by atoms with E-state index in [1.54, 1.807) is 6.07 Å². The summed E-state index contributed by atoms with van der Waals surface area (Å²) in [7, 11) is 5.74. The first-order valence-electron chi connectivity index (χ1n) is 5.55. The Morgan fingerprint density at radius 1 is 1.53 bits per heavy atom. The van der Waals surface area contributed by atoms with Crippen molar-refractivity contribution in [1.29, 1.82) is 0 Å². The molecule has 2 aromatic rings. The van der Waals surface area contributed by atoms with Gasteiger partial charge in [-0.3, -0.25) is 4.79 Å². The molecule has 2 rings (SSSR count). The molecule has 0 spiro atoms. The smallest absolute Gasteiger partial charge is 0.185 e. The summed E-state index contributed by atoms with van der Waals surface area (Å²) in [5, 5.41) is 0. The number of ether oxygens (including phenoxy) is 1. The van der Waals surface area contributed by atoms with Crippen molar-refractivity contribution in [3.8, 4) is 0 Å². The fourth-order valence-corrected chi connectivity index (χ4v) is 1.78. The van der Waals surface area contributed by atoms with Gasteiger partial charge in [-0.1, -0.05) is 11.5 Å². The van der Waals surface area contributed by atoms with Crippen LogP contribution in [-0.4, -0.2) is 36.9 Å². The molecular formula is C12H13BN2O2. The quantitative estimate of drug-likeness (QED) is 0.429. The Bertz CT molecular complexity index is 537. The SMILES string of the molecule is [B]c1ccc2nc(C=O)n(CCOCC)c2c1. The van der Waals surface area contributed by atoms with Crippen LogP contribution in [0.1, 0.15) is 17.5 Å². The lowest BCUT2D eigenvalue weighted by Gasteiger charge is -2.06. The third-order valence-corrected chi connectivity index (χ3v) is 2.57. The summed E-state index contributed by atoms with van der Waals surface area (Å²) >= 11 is 0. The van der Waals surface area contributed by atoms with Gasteiger partial charge in [0.2, 0.25) is 0 Å². The second kappa shape index (κ2) is 5.14. The van der Waals surface area contributed by atoms with E-state index in [0.717, 1.165) is 17.3 Å². The van der Waals surface area contributed by atoms with E-state index in [1.165, 1.54) is 0 Å². The monoisotopic (exact) mass is 228 g/mol. The number of rotatable bonds is 5. The number of fused-ring (bicyclic) bond motifs is 1. The number of carbonyl (C=O) groups excluding carboxylic acids is 1. The van der Waals surface area contributed by atoms with Crippen molar-refractivity contribution in [1.82, 2.24) is 9.55 Å². The van der Waals surface area contributed by atoms with Crippen LogP contribution < -0.4 is 5.46 Å². The van der Waals surface area contributed by atoms with Crippen molar-refractivity contribution in [2.24, 2.45) is 0 Å². The molecule has 0 saturated carbocycles. The average Bonchev–Trinajstić information content (AvgIpc) is 2.67. The van der Waals surface area contributed by atoms with Crippen molar-refractivity contribution < 1.29 is 9.53 Å². The van der Waals surface area contributed by atoms with E-state index in [4.69, 9.17) is 12.6 Å². The molecule has 0 amide bonds. The summed E-state index contributed by atoms with van der Waals surface area (Å²) in [4.78, 5) is 15.2. The van der Waals surface area contributed by atoms with Crippen LogP contribution in [0.5, 0.6) is 0 Å².